The summed E-state index contributed by atoms with van der Waals surface area (Å²) < 4.78 is 0. The summed E-state index contributed by atoms with van der Waals surface area (Å²) in [5.74, 6) is -1.11. The number of rotatable bonds is 4. The maximum absolute atomic E-state index is 12.3. The molecule has 0 aliphatic carbocycles. The molecule has 1 N–H and O–H groups in total. The van der Waals surface area contributed by atoms with Gasteiger partial charge in [-0.1, -0.05) is 13.3 Å². The molecule has 3 unspecified atom stereocenters. The lowest BCUT2D eigenvalue weighted by atomic mass is 9.89. The molecule has 5 heteroatoms. The number of carboxylic acid groups (broad SMARTS) is 1. The summed E-state index contributed by atoms with van der Waals surface area (Å²) >= 11 is 0. The van der Waals surface area contributed by atoms with Crippen LogP contribution in [-0.4, -0.2) is 52.6 Å². The van der Waals surface area contributed by atoms with Crippen molar-refractivity contribution in [2.75, 3.05) is 13.6 Å². The molecule has 3 atom stereocenters. The summed E-state index contributed by atoms with van der Waals surface area (Å²) in [4.78, 5) is 27.1. The van der Waals surface area contributed by atoms with Gasteiger partial charge in [0.2, 0.25) is 0 Å². The highest BCUT2D eigenvalue weighted by atomic mass is 16.4. The van der Waals surface area contributed by atoms with Crippen LogP contribution in [0.1, 0.15) is 39.0 Å². The zero-order valence-corrected chi connectivity index (χ0v) is 11.1. The molecule has 0 aromatic heterocycles. The quantitative estimate of drug-likeness (QED) is 0.831. The normalized spacial score (nSPS) is 29.7. The Bertz CT molecular complexity index is 345. The Balaban J connectivity index is 2.01. The zero-order valence-electron chi connectivity index (χ0n) is 11.1. The van der Waals surface area contributed by atoms with Gasteiger partial charge in [0, 0.05) is 25.7 Å². The first-order valence-electron chi connectivity index (χ1n) is 6.82. The van der Waals surface area contributed by atoms with Gasteiger partial charge in [-0.2, -0.15) is 0 Å². The lowest BCUT2D eigenvalue weighted by molar-refractivity contribution is -0.142. The van der Waals surface area contributed by atoms with Gasteiger partial charge in [0.05, 0.1) is 5.92 Å². The Hall–Kier alpha value is -1.26. The number of urea groups is 1. The van der Waals surface area contributed by atoms with Gasteiger partial charge in [0.15, 0.2) is 0 Å². The molecule has 2 aliphatic heterocycles. The average Bonchev–Trinajstić information content (AvgIpc) is 2.92. The van der Waals surface area contributed by atoms with Gasteiger partial charge in [-0.15, -0.1) is 0 Å². The van der Waals surface area contributed by atoms with Crippen molar-refractivity contribution in [2.24, 2.45) is 5.92 Å². The molecule has 0 aromatic carbocycles. The van der Waals surface area contributed by atoms with E-state index >= 15 is 0 Å². The van der Waals surface area contributed by atoms with E-state index in [0.717, 1.165) is 32.2 Å². The number of carbonyl (C=O) groups excluding carboxylic acids is 1. The molecule has 2 amide bonds. The van der Waals surface area contributed by atoms with Crippen molar-refractivity contribution in [3.8, 4) is 0 Å². The topological polar surface area (TPSA) is 60.9 Å². The van der Waals surface area contributed by atoms with E-state index in [9.17, 15) is 9.59 Å². The Morgan fingerprint density at radius 3 is 2.67 bits per heavy atom. The van der Waals surface area contributed by atoms with Crippen molar-refractivity contribution >= 4 is 12.0 Å². The van der Waals surface area contributed by atoms with E-state index in [1.165, 1.54) is 0 Å². The first-order valence-corrected chi connectivity index (χ1v) is 6.82. The summed E-state index contributed by atoms with van der Waals surface area (Å²) in [6.45, 7) is 2.85. The van der Waals surface area contributed by atoms with E-state index < -0.39 is 5.97 Å². The van der Waals surface area contributed by atoms with Crippen LogP contribution in [0.15, 0.2) is 0 Å². The van der Waals surface area contributed by atoms with Crippen LogP contribution in [0, 0.1) is 5.92 Å². The molecular weight excluding hydrogens is 232 g/mol. The average molecular weight is 254 g/mol. The predicted octanol–water partition coefficient (Wildman–Crippen LogP) is 1.78. The number of carbonyl (C=O) groups is 2. The molecule has 102 valence electrons. The molecule has 2 aliphatic rings. The van der Waals surface area contributed by atoms with Crippen molar-refractivity contribution in [3.05, 3.63) is 0 Å². The van der Waals surface area contributed by atoms with Gasteiger partial charge in [0.1, 0.15) is 0 Å². The number of nitrogens with zero attached hydrogens (tertiary/aromatic N) is 2. The third-order valence-corrected chi connectivity index (χ3v) is 4.25. The van der Waals surface area contributed by atoms with Crippen LogP contribution >= 0.6 is 0 Å². The molecule has 0 saturated carbocycles. The van der Waals surface area contributed by atoms with E-state index in [1.807, 2.05) is 11.9 Å². The summed E-state index contributed by atoms with van der Waals surface area (Å²) in [6.07, 6.45) is 4.49. The molecule has 0 aromatic rings. The molecule has 0 radical (unpaired) electrons. The van der Waals surface area contributed by atoms with Crippen LogP contribution < -0.4 is 0 Å². The van der Waals surface area contributed by atoms with Crippen LogP contribution in [0.3, 0.4) is 0 Å². The number of hydrogen-bond acceptors (Lipinski definition) is 2. The van der Waals surface area contributed by atoms with E-state index in [4.69, 9.17) is 5.11 Å². The maximum Gasteiger partial charge on any atom is 0.320 e. The summed E-state index contributed by atoms with van der Waals surface area (Å²) in [7, 11) is 1.81. The van der Waals surface area contributed by atoms with E-state index in [0.29, 0.717) is 6.42 Å². The second-order valence-electron chi connectivity index (χ2n) is 5.44. The zero-order chi connectivity index (χ0) is 13.3. The molecule has 2 rings (SSSR count). The first-order chi connectivity index (χ1) is 8.56. The number of unbranched alkanes of at least 4 members (excludes halogenated alkanes) is 1. The fraction of sp³-hybridized carbons (Fsp3) is 0.846. The van der Waals surface area contributed by atoms with Gasteiger partial charge in [-0.05, 0) is 25.7 Å². The van der Waals surface area contributed by atoms with Gasteiger partial charge < -0.3 is 14.9 Å². The van der Waals surface area contributed by atoms with Crippen LogP contribution in [0.5, 0.6) is 0 Å². The second kappa shape index (κ2) is 5.16. The Labute approximate surface area is 108 Å². The third kappa shape index (κ3) is 2.18. The minimum atomic E-state index is -0.754. The Morgan fingerprint density at radius 2 is 2.11 bits per heavy atom. The highest BCUT2D eigenvalue weighted by Crippen LogP contribution is 2.42. The molecule has 5 nitrogen and oxygen atoms in total. The molecule has 0 spiro atoms. The van der Waals surface area contributed by atoms with Gasteiger partial charge >= 0.3 is 12.0 Å². The van der Waals surface area contributed by atoms with E-state index in [1.54, 1.807) is 4.90 Å². The van der Waals surface area contributed by atoms with E-state index in [2.05, 4.69) is 6.92 Å². The SMILES string of the molecule is CCCCN(C)C(=O)N1C2CCC1C(C(=O)O)C2. The molecule has 2 saturated heterocycles. The second-order valence-corrected chi connectivity index (χ2v) is 5.44. The van der Waals surface area contributed by atoms with Crippen molar-refractivity contribution < 1.29 is 14.7 Å². The van der Waals surface area contributed by atoms with Gasteiger partial charge in [-0.3, -0.25) is 4.79 Å². The van der Waals surface area contributed by atoms with Crippen LogP contribution in [-0.2, 0) is 4.79 Å². The highest BCUT2D eigenvalue weighted by Gasteiger charge is 2.51. The maximum atomic E-state index is 12.3. The number of aliphatic carboxylic acids is 1. The van der Waals surface area contributed by atoms with Crippen molar-refractivity contribution in [3.63, 3.8) is 0 Å². The van der Waals surface area contributed by atoms with Gasteiger partial charge in [0.25, 0.3) is 0 Å². The molecule has 2 bridgehead atoms. The minimum Gasteiger partial charge on any atom is -0.481 e. The number of fused-ring (bicyclic) bond motifs is 2. The molecular formula is C13H22N2O3. The number of hydrogen-bond donors (Lipinski definition) is 1. The summed E-state index contributed by atoms with van der Waals surface area (Å²) in [5.41, 5.74) is 0. The fourth-order valence-corrected chi connectivity index (χ4v) is 3.24. The van der Waals surface area contributed by atoms with Crippen LogP contribution in [0.4, 0.5) is 4.79 Å². The monoisotopic (exact) mass is 254 g/mol. The molecule has 2 heterocycles. The van der Waals surface area contributed by atoms with Crippen molar-refractivity contribution in [1.29, 1.82) is 0 Å². The minimum absolute atomic E-state index is 0.0136. The molecule has 18 heavy (non-hydrogen) atoms. The third-order valence-electron chi connectivity index (χ3n) is 4.25. The Morgan fingerprint density at radius 1 is 1.39 bits per heavy atom. The summed E-state index contributed by atoms with van der Waals surface area (Å²) in [5, 5.41) is 9.16. The number of carboxylic acids is 1. The largest absolute Gasteiger partial charge is 0.481 e. The molecule has 2 fully saturated rings. The summed E-state index contributed by atoms with van der Waals surface area (Å²) in [6, 6.07) is 0.0800. The van der Waals surface area contributed by atoms with E-state index in [-0.39, 0.29) is 24.0 Å². The van der Waals surface area contributed by atoms with Crippen molar-refractivity contribution in [2.45, 2.75) is 51.1 Å². The predicted molar refractivity (Wildman–Crippen MR) is 67.3 cm³/mol. The van der Waals surface area contributed by atoms with Crippen molar-refractivity contribution in [1.82, 2.24) is 9.80 Å². The smallest absolute Gasteiger partial charge is 0.320 e. The number of amides is 2. The lowest BCUT2D eigenvalue weighted by Gasteiger charge is -2.28. The standard InChI is InChI=1S/C13H22N2O3/c1-3-4-7-14(2)13(18)15-9-5-6-11(15)10(8-9)12(16)17/h9-11H,3-8H2,1-2H3,(H,16,17). The van der Waals surface area contributed by atoms with Crippen LogP contribution in [0.25, 0.3) is 0 Å². The first kappa shape index (κ1) is 13.2. The van der Waals surface area contributed by atoms with Gasteiger partial charge in [-0.25, -0.2) is 4.79 Å². The fourth-order valence-electron chi connectivity index (χ4n) is 3.24. The highest BCUT2D eigenvalue weighted by molar-refractivity contribution is 5.79. The lowest BCUT2D eigenvalue weighted by Crippen LogP contribution is -2.45. The Kier molecular flexibility index (Phi) is 3.78. The van der Waals surface area contributed by atoms with Crippen LogP contribution in [0.2, 0.25) is 0 Å².